The molecule has 0 bridgehead atoms. The van der Waals surface area contributed by atoms with Crippen LogP contribution in [0, 0.1) is 12.8 Å². The largest absolute Gasteiger partial charge is 0.102 e. The molecule has 0 saturated carbocycles. The quantitative estimate of drug-likeness (QED) is 0.108. The molecule has 0 fully saturated rings. The molecule has 41 heavy (non-hydrogen) atoms. The van der Waals surface area contributed by atoms with Gasteiger partial charge in [0.25, 0.3) is 0 Å². The van der Waals surface area contributed by atoms with Crippen LogP contribution in [0.1, 0.15) is 130 Å². The van der Waals surface area contributed by atoms with Crippen LogP contribution in [0.2, 0.25) is 0 Å². The highest BCUT2D eigenvalue weighted by Crippen LogP contribution is 2.34. The van der Waals surface area contributed by atoms with E-state index in [1.165, 1.54) is 54.4 Å². The number of hydrogen-bond donors (Lipinski definition) is 0. The molecule has 0 radical (unpaired) electrons. The van der Waals surface area contributed by atoms with Crippen molar-refractivity contribution in [2.75, 3.05) is 0 Å². The summed E-state index contributed by atoms with van der Waals surface area (Å²) in [5.41, 5.74) is 10.8. The second kappa shape index (κ2) is 23.8. The van der Waals surface area contributed by atoms with Crippen molar-refractivity contribution < 1.29 is 0 Å². The molecule has 0 heterocycles. The van der Waals surface area contributed by atoms with Gasteiger partial charge in [0.1, 0.15) is 0 Å². The number of allylic oxidation sites excluding steroid dienone is 12. The molecule has 0 amide bonds. The first-order chi connectivity index (χ1) is 19.6. The van der Waals surface area contributed by atoms with Gasteiger partial charge in [0, 0.05) is 5.92 Å². The Morgan fingerprint density at radius 1 is 0.854 bits per heavy atom. The van der Waals surface area contributed by atoms with E-state index in [0.717, 1.165) is 34.3 Å². The Kier molecular flexibility index (Phi) is 23.4. The highest BCUT2D eigenvalue weighted by atomic mass is 14.2. The summed E-state index contributed by atoms with van der Waals surface area (Å²) in [4.78, 5) is 0. The SMILES string of the molecule is C=C/C=C(\C=C(/C)CCCCCCC)C(/C=C)=C/C(C(=C)c1ccc(C)c(C(C=C)C(C)C)c1)=C(C)C.CC.CC. The molecular formula is C41H64. The molecule has 1 unspecified atom stereocenters. The van der Waals surface area contributed by atoms with Crippen LogP contribution >= 0.6 is 0 Å². The van der Waals surface area contributed by atoms with Gasteiger partial charge < -0.3 is 0 Å². The van der Waals surface area contributed by atoms with Gasteiger partial charge in [-0.05, 0) is 91.5 Å². The van der Waals surface area contributed by atoms with Crippen LogP contribution in [-0.2, 0) is 0 Å². The summed E-state index contributed by atoms with van der Waals surface area (Å²) in [5.74, 6) is 0.808. The molecule has 228 valence electrons. The second-order valence-electron chi connectivity index (χ2n) is 10.8. The zero-order valence-corrected chi connectivity index (χ0v) is 28.9. The maximum absolute atomic E-state index is 4.55. The third kappa shape index (κ3) is 14.6. The molecule has 0 aliphatic carbocycles. The Morgan fingerprint density at radius 3 is 1.95 bits per heavy atom. The lowest BCUT2D eigenvalue weighted by Gasteiger charge is -2.21. The van der Waals surface area contributed by atoms with Crippen molar-refractivity contribution in [3.63, 3.8) is 0 Å². The van der Waals surface area contributed by atoms with Gasteiger partial charge in [0.05, 0.1) is 0 Å². The lowest BCUT2D eigenvalue weighted by atomic mass is 9.83. The summed E-state index contributed by atoms with van der Waals surface area (Å²) in [6.07, 6.45) is 20.1. The minimum Gasteiger partial charge on any atom is -0.102 e. The minimum absolute atomic E-state index is 0.319. The first-order valence-corrected chi connectivity index (χ1v) is 16.1. The van der Waals surface area contributed by atoms with Gasteiger partial charge in [-0.3, -0.25) is 0 Å². The van der Waals surface area contributed by atoms with Gasteiger partial charge in [0.15, 0.2) is 0 Å². The third-order valence-corrected chi connectivity index (χ3v) is 7.05. The number of hydrogen-bond acceptors (Lipinski definition) is 0. The summed E-state index contributed by atoms with van der Waals surface area (Å²) in [6, 6.07) is 6.71. The lowest BCUT2D eigenvalue weighted by Crippen LogP contribution is -2.06. The maximum atomic E-state index is 4.55. The van der Waals surface area contributed by atoms with Crippen molar-refractivity contribution in [2.45, 2.75) is 121 Å². The molecule has 1 atom stereocenters. The zero-order valence-electron chi connectivity index (χ0n) is 28.9. The standard InChI is InChI=1S/C37H52.2C2H6/c1-12-16-17-18-19-21-29(9)24-34(20-13-2)32(14-3)25-36(28(7)8)31(11)33-23-22-30(10)37(26-33)35(15-4)27(5)6;2*1-2/h13-15,20,22-27,35H,2-4,11-12,16-19,21H2,1,5-10H3;2*1-2H3/b29-24+,32-25+,34-20+;;. The first kappa shape index (κ1) is 40.3. The Hall–Kier alpha value is -2.86. The van der Waals surface area contributed by atoms with Crippen LogP contribution in [0.5, 0.6) is 0 Å². The summed E-state index contributed by atoms with van der Waals surface area (Å²) < 4.78 is 0. The predicted octanol–water partition coefficient (Wildman–Crippen LogP) is 13.9. The highest BCUT2D eigenvalue weighted by Gasteiger charge is 2.16. The van der Waals surface area contributed by atoms with E-state index in [0.29, 0.717) is 11.8 Å². The minimum atomic E-state index is 0.319. The predicted molar refractivity (Wildman–Crippen MR) is 193 cm³/mol. The van der Waals surface area contributed by atoms with Crippen molar-refractivity contribution in [3.05, 3.63) is 126 Å². The molecule has 0 N–H and O–H groups in total. The van der Waals surface area contributed by atoms with Crippen LogP contribution < -0.4 is 0 Å². The fraction of sp³-hybridized carbons (Fsp3) is 0.463. The summed E-state index contributed by atoms with van der Waals surface area (Å²) >= 11 is 0. The number of aryl methyl sites for hydroxylation is 1. The monoisotopic (exact) mass is 557 g/mol. The topological polar surface area (TPSA) is 0 Å². The smallest absolute Gasteiger partial charge is 0.00411 e. The summed E-state index contributed by atoms with van der Waals surface area (Å²) in [7, 11) is 0. The van der Waals surface area contributed by atoms with Crippen molar-refractivity contribution in [2.24, 2.45) is 5.92 Å². The van der Waals surface area contributed by atoms with E-state index in [9.17, 15) is 0 Å². The molecule has 0 heteroatoms. The Bertz CT molecular complexity index is 1060. The number of benzene rings is 1. The fourth-order valence-corrected chi connectivity index (χ4v) is 4.75. The van der Waals surface area contributed by atoms with Crippen LogP contribution in [-0.4, -0.2) is 0 Å². The Morgan fingerprint density at radius 2 is 1.46 bits per heavy atom. The molecule has 1 aromatic carbocycles. The maximum Gasteiger partial charge on any atom is 0.00411 e. The number of rotatable bonds is 16. The van der Waals surface area contributed by atoms with Crippen LogP contribution in [0.3, 0.4) is 0 Å². The van der Waals surface area contributed by atoms with Crippen molar-refractivity contribution in [1.82, 2.24) is 0 Å². The van der Waals surface area contributed by atoms with Crippen molar-refractivity contribution >= 4 is 5.57 Å². The van der Waals surface area contributed by atoms with E-state index in [4.69, 9.17) is 0 Å². The van der Waals surface area contributed by atoms with E-state index < -0.39 is 0 Å². The highest BCUT2D eigenvalue weighted by molar-refractivity contribution is 5.82. The summed E-state index contributed by atoms with van der Waals surface area (Å²) in [5, 5.41) is 0. The van der Waals surface area contributed by atoms with E-state index in [1.54, 1.807) is 0 Å². The van der Waals surface area contributed by atoms with Crippen LogP contribution in [0.25, 0.3) is 5.57 Å². The molecule has 0 spiro atoms. The fourth-order valence-electron chi connectivity index (χ4n) is 4.75. The van der Waals surface area contributed by atoms with E-state index >= 15 is 0 Å². The average molecular weight is 557 g/mol. The van der Waals surface area contributed by atoms with Crippen LogP contribution in [0.4, 0.5) is 0 Å². The average Bonchev–Trinajstić information content (AvgIpc) is 2.96. The zero-order chi connectivity index (χ0) is 32.0. The summed E-state index contributed by atoms with van der Waals surface area (Å²) in [6.45, 7) is 40.3. The van der Waals surface area contributed by atoms with E-state index in [-0.39, 0.29) is 0 Å². The van der Waals surface area contributed by atoms with Gasteiger partial charge in [-0.25, -0.2) is 0 Å². The molecule has 0 aromatic heterocycles. The van der Waals surface area contributed by atoms with Crippen LogP contribution in [0.15, 0.2) is 109 Å². The third-order valence-electron chi connectivity index (χ3n) is 7.05. The molecule has 1 rings (SSSR count). The molecule has 0 nitrogen and oxygen atoms in total. The van der Waals surface area contributed by atoms with Gasteiger partial charge in [-0.15, -0.1) is 6.58 Å². The number of unbranched alkanes of at least 4 members (excludes halogenated alkanes) is 4. The Labute approximate surface area is 257 Å². The molecule has 0 aliphatic heterocycles. The van der Waals surface area contributed by atoms with Gasteiger partial charge in [-0.2, -0.15) is 0 Å². The molecule has 0 aliphatic rings. The van der Waals surface area contributed by atoms with Gasteiger partial charge in [-0.1, -0.05) is 154 Å². The first-order valence-electron chi connectivity index (χ1n) is 16.1. The molecule has 0 saturated heterocycles. The van der Waals surface area contributed by atoms with E-state index in [2.05, 4.69) is 117 Å². The van der Waals surface area contributed by atoms with Crippen molar-refractivity contribution in [3.8, 4) is 0 Å². The van der Waals surface area contributed by atoms with Crippen molar-refractivity contribution in [1.29, 1.82) is 0 Å². The Balaban J connectivity index is 0. The van der Waals surface area contributed by atoms with E-state index in [1.807, 2.05) is 39.8 Å². The molecule has 1 aromatic rings. The van der Waals surface area contributed by atoms with Gasteiger partial charge >= 0.3 is 0 Å². The van der Waals surface area contributed by atoms with Gasteiger partial charge in [0.2, 0.25) is 0 Å². The second-order valence-corrected chi connectivity index (χ2v) is 10.8. The normalized spacial score (nSPS) is 12.3. The lowest BCUT2D eigenvalue weighted by molar-refractivity contribution is 0.576. The molecular weight excluding hydrogens is 492 g/mol.